The van der Waals surface area contributed by atoms with Crippen LogP contribution in [-0.2, 0) is 17.7 Å². The highest BCUT2D eigenvalue weighted by Crippen LogP contribution is 2.29. The molecule has 0 spiro atoms. The van der Waals surface area contributed by atoms with E-state index in [1.807, 2.05) is 12.1 Å². The Morgan fingerprint density at radius 1 is 1.38 bits per heavy atom. The molecule has 0 saturated carbocycles. The third-order valence-corrected chi connectivity index (χ3v) is 4.36. The topological polar surface area (TPSA) is 80.4 Å². The Morgan fingerprint density at radius 2 is 2.21 bits per heavy atom. The molecule has 2 aliphatic rings. The third kappa shape index (κ3) is 2.61. The molecule has 0 radical (unpaired) electrons. The number of rotatable bonds is 4. The highest BCUT2D eigenvalue weighted by atomic mass is 16.5. The summed E-state index contributed by atoms with van der Waals surface area (Å²) in [6, 6.07) is 11.5. The van der Waals surface area contributed by atoms with E-state index in [-0.39, 0.29) is 11.7 Å². The van der Waals surface area contributed by atoms with E-state index in [0.29, 0.717) is 44.4 Å². The molecule has 24 heavy (non-hydrogen) atoms. The van der Waals surface area contributed by atoms with Gasteiger partial charge in [-0.15, -0.1) is 0 Å². The summed E-state index contributed by atoms with van der Waals surface area (Å²) < 4.78 is 12.8. The number of anilines is 1. The van der Waals surface area contributed by atoms with E-state index in [9.17, 15) is 4.79 Å². The Hall–Kier alpha value is -2.85. The minimum atomic E-state index is -0.282. The Balaban J connectivity index is 1.44. The number of fused-ring (bicyclic) bond motifs is 3. The largest absolute Gasteiger partial charge is 0.477 e. The van der Waals surface area contributed by atoms with Crippen molar-refractivity contribution in [1.29, 1.82) is 5.26 Å². The zero-order valence-electron chi connectivity index (χ0n) is 13.0. The zero-order chi connectivity index (χ0) is 16.5. The molecule has 0 unspecified atom stereocenters. The first kappa shape index (κ1) is 14.7. The highest BCUT2D eigenvalue weighted by molar-refractivity contribution is 5.47. The molecule has 1 fully saturated rings. The molecular formula is C17H16N4O3. The molecule has 1 aromatic heterocycles. The quantitative estimate of drug-likeness (QED) is 0.832. The number of nitrogens with zero attached hydrogens (tertiary/aromatic N) is 4. The van der Waals surface area contributed by atoms with Crippen molar-refractivity contribution in [2.24, 2.45) is 0 Å². The Bertz CT molecular complexity index is 854. The lowest BCUT2D eigenvalue weighted by Gasteiger charge is -2.15. The molecule has 1 saturated heterocycles. The molecular weight excluding hydrogens is 308 g/mol. The molecule has 7 nitrogen and oxygen atoms in total. The van der Waals surface area contributed by atoms with E-state index < -0.39 is 0 Å². The summed E-state index contributed by atoms with van der Waals surface area (Å²) in [6.07, 6.45) is 0.682. The summed E-state index contributed by atoms with van der Waals surface area (Å²) in [5.74, 6) is 1.15. The van der Waals surface area contributed by atoms with Crippen molar-refractivity contribution in [3.05, 3.63) is 51.9 Å². The second-order valence-electron chi connectivity index (χ2n) is 5.88. The summed E-state index contributed by atoms with van der Waals surface area (Å²) in [5, 5.41) is 8.79. The number of benzene rings is 1. The van der Waals surface area contributed by atoms with Crippen LogP contribution in [0.25, 0.3) is 0 Å². The lowest BCUT2D eigenvalue weighted by molar-refractivity contribution is 0.189. The van der Waals surface area contributed by atoms with Gasteiger partial charge in [0.2, 0.25) is 5.88 Å². The monoisotopic (exact) mass is 324 g/mol. The Kier molecular flexibility index (Phi) is 3.67. The molecule has 2 aliphatic heterocycles. The fourth-order valence-corrected chi connectivity index (χ4v) is 3.07. The molecule has 4 rings (SSSR count). The van der Waals surface area contributed by atoms with Gasteiger partial charge in [-0.25, -0.2) is 4.79 Å². The van der Waals surface area contributed by atoms with Gasteiger partial charge in [-0.05, 0) is 17.7 Å². The fourth-order valence-electron chi connectivity index (χ4n) is 3.07. The van der Waals surface area contributed by atoms with Gasteiger partial charge in [0, 0.05) is 12.5 Å². The number of aromatic nitrogens is 2. The van der Waals surface area contributed by atoms with Crippen LogP contribution in [0.15, 0.2) is 35.1 Å². The molecule has 1 aromatic carbocycles. The van der Waals surface area contributed by atoms with Gasteiger partial charge in [-0.1, -0.05) is 12.1 Å². The summed E-state index contributed by atoms with van der Waals surface area (Å²) in [7, 11) is 0. The van der Waals surface area contributed by atoms with Crippen molar-refractivity contribution in [3.8, 4) is 11.9 Å². The Labute approximate surface area is 138 Å². The molecule has 0 bridgehead atoms. The fraction of sp³-hybridized carbons (Fsp3) is 0.353. The van der Waals surface area contributed by atoms with E-state index in [4.69, 9.17) is 14.7 Å². The van der Waals surface area contributed by atoms with E-state index in [1.165, 1.54) is 0 Å². The molecule has 0 aliphatic carbocycles. The molecule has 7 heteroatoms. The van der Waals surface area contributed by atoms with Crippen molar-refractivity contribution in [2.45, 2.75) is 19.0 Å². The van der Waals surface area contributed by atoms with Crippen LogP contribution in [0.2, 0.25) is 0 Å². The second kappa shape index (κ2) is 5.98. The first-order valence-corrected chi connectivity index (χ1v) is 7.83. The Morgan fingerprint density at radius 3 is 3.00 bits per heavy atom. The molecule has 3 heterocycles. The van der Waals surface area contributed by atoms with Crippen molar-refractivity contribution in [3.63, 3.8) is 0 Å². The van der Waals surface area contributed by atoms with Gasteiger partial charge >= 0.3 is 5.69 Å². The number of nitriles is 1. The average Bonchev–Trinajstić information content (AvgIpc) is 3.18. The zero-order valence-corrected chi connectivity index (χ0v) is 13.0. The predicted molar refractivity (Wildman–Crippen MR) is 85.9 cm³/mol. The normalized spacial score (nSPS) is 18.1. The maximum atomic E-state index is 12.1. The summed E-state index contributed by atoms with van der Waals surface area (Å²) in [4.78, 5) is 18.2. The van der Waals surface area contributed by atoms with Crippen molar-refractivity contribution in [2.75, 3.05) is 24.8 Å². The number of hydrogen-bond acceptors (Lipinski definition) is 6. The van der Waals surface area contributed by atoms with Crippen LogP contribution < -0.4 is 15.3 Å². The summed E-state index contributed by atoms with van der Waals surface area (Å²) >= 11 is 0. The first-order chi connectivity index (χ1) is 11.7. The van der Waals surface area contributed by atoms with Gasteiger partial charge in [0.25, 0.3) is 0 Å². The van der Waals surface area contributed by atoms with E-state index >= 15 is 0 Å². The molecule has 122 valence electrons. The summed E-state index contributed by atoms with van der Waals surface area (Å²) in [6.45, 7) is 2.17. The van der Waals surface area contributed by atoms with E-state index in [2.05, 4.69) is 16.0 Å². The average molecular weight is 324 g/mol. The minimum Gasteiger partial charge on any atom is -0.477 e. The van der Waals surface area contributed by atoms with Crippen molar-refractivity contribution < 1.29 is 9.47 Å². The summed E-state index contributed by atoms with van der Waals surface area (Å²) in [5.41, 5.74) is 1.42. The van der Waals surface area contributed by atoms with Crippen LogP contribution in [0.1, 0.15) is 11.1 Å². The smallest absolute Gasteiger partial charge is 0.352 e. The lowest BCUT2D eigenvalue weighted by Crippen LogP contribution is -2.26. The van der Waals surface area contributed by atoms with Gasteiger partial charge in [-0.3, -0.25) is 4.57 Å². The standard InChI is InChI=1S/C17H16N4O3/c18-8-13-3-1-12(2-4-13)5-6-24-15-7-16-20(17(22)19-15)9-14-10-23-11-21(14)16/h1-4,7,14H,5-6,9-11H2/t14-/m0/s1. The van der Waals surface area contributed by atoms with Gasteiger partial charge < -0.3 is 14.4 Å². The number of ether oxygens (including phenoxy) is 2. The van der Waals surface area contributed by atoms with E-state index in [1.54, 1.807) is 22.8 Å². The van der Waals surface area contributed by atoms with Crippen molar-refractivity contribution >= 4 is 5.82 Å². The van der Waals surface area contributed by atoms with Crippen LogP contribution in [0.5, 0.6) is 5.88 Å². The SMILES string of the molecule is N#Cc1ccc(CCOc2cc3n(c(=O)n2)C[C@H]2COCN32)cc1. The molecule has 0 N–H and O–H groups in total. The molecule has 0 amide bonds. The minimum absolute atomic E-state index is 0.216. The first-order valence-electron chi connectivity index (χ1n) is 7.83. The van der Waals surface area contributed by atoms with Gasteiger partial charge in [0.15, 0.2) is 0 Å². The van der Waals surface area contributed by atoms with Gasteiger partial charge in [-0.2, -0.15) is 10.2 Å². The lowest BCUT2D eigenvalue weighted by atomic mass is 10.1. The van der Waals surface area contributed by atoms with Crippen LogP contribution >= 0.6 is 0 Å². The van der Waals surface area contributed by atoms with Crippen LogP contribution in [-0.4, -0.2) is 35.5 Å². The van der Waals surface area contributed by atoms with Crippen LogP contribution in [0, 0.1) is 11.3 Å². The number of hydrogen-bond donors (Lipinski definition) is 0. The van der Waals surface area contributed by atoms with Gasteiger partial charge in [0.1, 0.15) is 12.5 Å². The molecule has 1 atom stereocenters. The predicted octanol–water partition coefficient (Wildman–Crippen LogP) is 0.913. The maximum absolute atomic E-state index is 12.1. The van der Waals surface area contributed by atoms with Crippen molar-refractivity contribution in [1.82, 2.24) is 9.55 Å². The van der Waals surface area contributed by atoms with E-state index in [0.717, 1.165) is 11.4 Å². The maximum Gasteiger partial charge on any atom is 0.352 e. The van der Waals surface area contributed by atoms with Crippen LogP contribution in [0.3, 0.4) is 0 Å². The second-order valence-corrected chi connectivity index (χ2v) is 5.88. The highest BCUT2D eigenvalue weighted by Gasteiger charge is 2.35. The van der Waals surface area contributed by atoms with Gasteiger partial charge in [0.05, 0.1) is 37.4 Å². The molecule has 2 aromatic rings. The van der Waals surface area contributed by atoms with Crippen LogP contribution in [0.4, 0.5) is 5.82 Å². The third-order valence-electron chi connectivity index (χ3n) is 4.36.